The summed E-state index contributed by atoms with van der Waals surface area (Å²) in [5.74, 6) is -0.814. The van der Waals surface area contributed by atoms with Gasteiger partial charge in [0.1, 0.15) is 11.8 Å². The van der Waals surface area contributed by atoms with E-state index in [2.05, 4.69) is 50.5 Å². The number of carboxylic acid groups (broad SMARTS) is 1. The Labute approximate surface area is 157 Å². The number of nitrogens with one attached hydrogen (secondary N) is 1. The third-order valence-electron chi connectivity index (χ3n) is 2.57. The normalized spacial score (nSPS) is 11.8. The summed E-state index contributed by atoms with van der Waals surface area (Å²) in [6.07, 6.45) is 0.329. The number of carboxylic acids is 1. The maximum Gasteiger partial charge on any atom is 0.326 e. The van der Waals surface area contributed by atoms with Gasteiger partial charge in [0.15, 0.2) is 0 Å². The lowest BCUT2D eigenvalue weighted by molar-refractivity contribution is -0.139. The lowest BCUT2D eigenvalue weighted by Gasteiger charge is -2.16. The number of hydrogen-bond donors (Lipinski definition) is 2. The Kier molecular flexibility index (Phi) is 7.24. The minimum Gasteiger partial charge on any atom is -0.495 e. The molecule has 1 atom stereocenters. The highest BCUT2D eigenvalue weighted by Crippen LogP contribution is 2.33. The molecule has 1 unspecified atom stereocenters. The highest BCUT2D eigenvalue weighted by atomic mass is 127. The van der Waals surface area contributed by atoms with Gasteiger partial charge in [0.2, 0.25) is 0 Å². The van der Waals surface area contributed by atoms with Crippen molar-refractivity contribution in [1.29, 1.82) is 0 Å². The van der Waals surface area contributed by atoms with Crippen LogP contribution in [0.2, 0.25) is 0 Å². The van der Waals surface area contributed by atoms with Gasteiger partial charge in [-0.25, -0.2) is 4.79 Å². The smallest absolute Gasteiger partial charge is 0.326 e. The van der Waals surface area contributed by atoms with E-state index in [1.54, 1.807) is 14.0 Å². The maximum atomic E-state index is 12.3. The van der Waals surface area contributed by atoms with E-state index in [-0.39, 0.29) is 0 Å². The quantitative estimate of drug-likeness (QED) is 0.500. The number of hydrogen-bond acceptors (Lipinski definition) is 3. The second kappa shape index (κ2) is 7.96. The summed E-state index contributed by atoms with van der Waals surface area (Å²) >= 11 is 6.24. The van der Waals surface area contributed by atoms with Crippen molar-refractivity contribution in [3.05, 3.63) is 22.3 Å². The second-order valence-electron chi connectivity index (χ2n) is 3.83. The first kappa shape index (κ1) is 18.2. The van der Waals surface area contributed by atoms with Crippen LogP contribution in [0.15, 0.2) is 6.07 Å². The molecular weight excluding hydrogens is 603 g/mol. The minimum atomic E-state index is -1.04. The van der Waals surface area contributed by atoms with Crippen LogP contribution in [0, 0.1) is 10.7 Å². The molecule has 1 amide bonds. The average Bonchev–Trinajstić information content (AvgIpc) is 2.35. The summed E-state index contributed by atoms with van der Waals surface area (Å²) in [5.41, 5.74) is 0.447. The highest BCUT2D eigenvalue weighted by molar-refractivity contribution is 14.1. The summed E-state index contributed by atoms with van der Waals surface area (Å²) in [7, 11) is 1.54. The SMILES string of the molecule is CCC(NC(=O)c1c(I)cc(I)c(OC)c1I)C(=O)O. The van der Waals surface area contributed by atoms with Crippen molar-refractivity contribution in [3.63, 3.8) is 0 Å². The number of carbonyl (C=O) groups is 2. The first-order valence-electron chi connectivity index (χ1n) is 5.58. The van der Waals surface area contributed by atoms with E-state index in [9.17, 15) is 9.59 Å². The summed E-state index contributed by atoms with van der Waals surface area (Å²) < 4.78 is 7.63. The Morgan fingerprint density at radius 1 is 1.35 bits per heavy atom. The predicted octanol–water partition coefficient (Wildman–Crippen LogP) is 3.10. The van der Waals surface area contributed by atoms with E-state index in [0.717, 1.165) is 7.14 Å². The number of rotatable bonds is 5. The van der Waals surface area contributed by atoms with Crippen molar-refractivity contribution in [2.75, 3.05) is 7.11 Å². The Morgan fingerprint density at radius 2 is 1.95 bits per heavy atom. The van der Waals surface area contributed by atoms with Gasteiger partial charge < -0.3 is 15.2 Å². The molecule has 0 heterocycles. The third kappa shape index (κ3) is 4.08. The fraction of sp³-hybridized carbons (Fsp3) is 0.333. The van der Waals surface area contributed by atoms with E-state index in [4.69, 9.17) is 9.84 Å². The first-order valence-corrected chi connectivity index (χ1v) is 8.82. The van der Waals surface area contributed by atoms with E-state index in [0.29, 0.717) is 21.3 Å². The topological polar surface area (TPSA) is 75.6 Å². The van der Waals surface area contributed by atoms with Crippen molar-refractivity contribution < 1.29 is 19.4 Å². The molecule has 110 valence electrons. The Morgan fingerprint density at radius 3 is 2.40 bits per heavy atom. The number of halogens is 3. The van der Waals surface area contributed by atoms with Crippen molar-refractivity contribution in [2.45, 2.75) is 19.4 Å². The summed E-state index contributed by atoms with van der Waals surface area (Å²) in [5, 5.41) is 11.5. The summed E-state index contributed by atoms with van der Waals surface area (Å²) in [6, 6.07) is 0.943. The van der Waals surface area contributed by atoms with E-state index >= 15 is 0 Å². The zero-order valence-electron chi connectivity index (χ0n) is 10.7. The minimum absolute atomic E-state index is 0.329. The number of benzene rings is 1. The number of carbonyl (C=O) groups excluding carboxylic acids is 1. The molecule has 0 aliphatic carbocycles. The van der Waals surface area contributed by atoms with Gasteiger partial charge in [0.05, 0.1) is 19.8 Å². The molecule has 0 bridgehead atoms. The van der Waals surface area contributed by atoms with Crippen LogP contribution in [-0.2, 0) is 4.79 Å². The lowest BCUT2D eigenvalue weighted by Crippen LogP contribution is -2.40. The molecule has 0 fully saturated rings. The predicted molar refractivity (Wildman–Crippen MR) is 100 cm³/mol. The highest BCUT2D eigenvalue weighted by Gasteiger charge is 2.24. The molecular formula is C12H12I3NO4. The molecule has 0 saturated carbocycles. The van der Waals surface area contributed by atoms with Crippen LogP contribution in [0.4, 0.5) is 0 Å². The molecule has 0 aliphatic rings. The van der Waals surface area contributed by atoms with Gasteiger partial charge >= 0.3 is 5.97 Å². The fourth-order valence-electron chi connectivity index (χ4n) is 1.54. The van der Waals surface area contributed by atoms with E-state index in [1.807, 2.05) is 28.7 Å². The average molecular weight is 615 g/mol. The third-order valence-corrected chi connectivity index (χ3v) is 5.25. The first-order chi connectivity index (χ1) is 9.33. The molecule has 0 radical (unpaired) electrons. The Hall–Kier alpha value is 0.150. The number of amides is 1. The van der Waals surface area contributed by atoms with E-state index in [1.165, 1.54) is 0 Å². The van der Waals surface area contributed by atoms with Gasteiger partial charge in [0, 0.05) is 3.57 Å². The lowest BCUT2D eigenvalue weighted by atomic mass is 10.1. The second-order valence-corrected chi connectivity index (χ2v) is 7.24. The van der Waals surface area contributed by atoms with E-state index < -0.39 is 17.9 Å². The molecule has 1 aromatic rings. The fourth-order valence-corrected chi connectivity index (χ4v) is 5.84. The van der Waals surface area contributed by atoms with Gasteiger partial charge in [0.25, 0.3) is 5.91 Å². The van der Waals surface area contributed by atoms with Crippen LogP contribution in [0.3, 0.4) is 0 Å². The molecule has 5 nitrogen and oxygen atoms in total. The van der Waals surface area contributed by atoms with Gasteiger partial charge in [-0.2, -0.15) is 0 Å². The van der Waals surface area contributed by atoms with Gasteiger partial charge in [-0.05, 0) is 80.3 Å². The molecule has 1 rings (SSSR count). The van der Waals surface area contributed by atoms with Crippen LogP contribution in [-0.4, -0.2) is 30.1 Å². The van der Waals surface area contributed by atoms with Crippen LogP contribution < -0.4 is 10.1 Å². The Balaban J connectivity index is 3.19. The maximum absolute atomic E-state index is 12.3. The number of ether oxygens (including phenoxy) is 1. The Bertz CT molecular complexity index is 548. The zero-order valence-corrected chi connectivity index (χ0v) is 17.1. The molecule has 2 N–H and O–H groups in total. The largest absolute Gasteiger partial charge is 0.495 e. The monoisotopic (exact) mass is 615 g/mol. The van der Waals surface area contributed by atoms with Crippen LogP contribution in [0.1, 0.15) is 23.7 Å². The number of aliphatic carboxylic acids is 1. The summed E-state index contributed by atoms with van der Waals surface area (Å²) in [6.45, 7) is 1.71. The molecule has 1 aromatic carbocycles. The van der Waals surface area contributed by atoms with Crippen LogP contribution in [0.25, 0.3) is 0 Å². The summed E-state index contributed by atoms with van der Waals surface area (Å²) in [4.78, 5) is 23.3. The molecule has 0 spiro atoms. The van der Waals surface area contributed by atoms with Crippen molar-refractivity contribution >= 4 is 79.6 Å². The molecule has 8 heteroatoms. The van der Waals surface area contributed by atoms with Crippen molar-refractivity contribution in [1.82, 2.24) is 5.32 Å². The molecule has 0 aromatic heterocycles. The van der Waals surface area contributed by atoms with Crippen molar-refractivity contribution in [3.8, 4) is 5.75 Å². The molecule has 0 saturated heterocycles. The standard InChI is InChI=1S/C12H12I3NO4/c1-3-7(12(18)19)16-11(17)8-5(13)4-6(14)10(20-2)9(8)15/h4,7H,3H2,1-2H3,(H,16,17)(H,18,19). The van der Waals surface area contributed by atoms with Crippen LogP contribution >= 0.6 is 67.8 Å². The van der Waals surface area contributed by atoms with Crippen molar-refractivity contribution in [2.24, 2.45) is 0 Å². The molecule has 20 heavy (non-hydrogen) atoms. The van der Waals surface area contributed by atoms with Gasteiger partial charge in [-0.1, -0.05) is 6.92 Å². The number of methoxy groups -OCH3 is 1. The van der Waals surface area contributed by atoms with Gasteiger partial charge in [-0.3, -0.25) is 4.79 Å². The van der Waals surface area contributed by atoms with Crippen LogP contribution in [0.5, 0.6) is 5.75 Å². The zero-order chi connectivity index (χ0) is 15.4. The van der Waals surface area contributed by atoms with Gasteiger partial charge in [-0.15, -0.1) is 0 Å². The molecule has 0 aliphatic heterocycles.